The van der Waals surface area contributed by atoms with Crippen LogP contribution in [0.2, 0.25) is 0 Å². The molecule has 0 bridgehead atoms. The van der Waals surface area contributed by atoms with Crippen LogP contribution in [-0.4, -0.2) is 28.5 Å². The number of hydrogen-bond donors (Lipinski definition) is 2. The van der Waals surface area contributed by atoms with Gasteiger partial charge in [0.25, 0.3) is 0 Å². The molecular formula is C10H18N4S. The second-order valence-corrected chi connectivity index (χ2v) is 4.94. The van der Waals surface area contributed by atoms with Crippen molar-refractivity contribution in [2.24, 2.45) is 5.92 Å². The van der Waals surface area contributed by atoms with Crippen LogP contribution in [0.3, 0.4) is 0 Å². The largest absolute Gasteiger partial charge is 0.358 e. The van der Waals surface area contributed by atoms with Crippen LogP contribution in [0.4, 0.5) is 5.13 Å². The number of nitrogens with one attached hydrogen (secondary N) is 2. The molecule has 15 heavy (non-hydrogen) atoms. The van der Waals surface area contributed by atoms with Crippen LogP contribution in [-0.2, 0) is 0 Å². The number of nitrogens with zero attached hydrogens (tertiary/aromatic N) is 2. The molecular weight excluding hydrogens is 208 g/mol. The molecule has 4 nitrogen and oxygen atoms in total. The molecule has 84 valence electrons. The highest BCUT2D eigenvalue weighted by Gasteiger charge is 2.20. The number of anilines is 1. The van der Waals surface area contributed by atoms with E-state index in [9.17, 15) is 0 Å². The third-order valence-corrected chi connectivity index (χ3v) is 3.66. The number of aryl methyl sites for hydroxylation is 1. The lowest BCUT2D eigenvalue weighted by Crippen LogP contribution is -2.38. The first-order valence-corrected chi connectivity index (χ1v) is 6.30. The Kier molecular flexibility index (Phi) is 3.53. The van der Waals surface area contributed by atoms with Gasteiger partial charge in [0, 0.05) is 17.6 Å². The van der Waals surface area contributed by atoms with Gasteiger partial charge in [-0.2, -0.15) is 4.37 Å². The van der Waals surface area contributed by atoms with Gasteiger partial charge < -0.3 is 10.6 Å². The van der Waals surface area contributed by atoms with Gasteiger partial charge in [-0.15, -0.1) is 0 Å². The van der Waals surface area contributed by atoms with Crippen molar-refractivity contribution in [3.05, 3.63) is 5.82 Å². The third-order valence-electron chi connectivity index (χ3n) is 2.92. The van der Waals surface area contributed by atoms with Gasteiger partial charge in [-0.1, -0.05) is 0 Å². The van der Waals surface area contributed by atoms with E-state index in [4.69, 9.17) is 0 Å². The molecule has 0 aromatic carbocycles. The number of rotatable bonds is 3. The SMILES string of the molecule is Cc1nsc(NC(C)C2CCCNC2)n1. The minimum Gasteiger partial charge on any atom is -0.358 e. The minimum absolute atomic E-state index is 0.477. The molecule has 0 saturated carbocycles. The second kappa shape index (κ2) is 4.90. The van der Waals surface area contributed by atoms with E-state index in [1.165, 1.54) is 30.9 Å². The Morgan fingerprint density at radius 2 is 2.47 bits per heavy atom. The summed E-state index contributed by atoms with van der Waals surface area (Å²) in [5.74, 6) is 1.57. The molecule has 1 fully saturated rings. The van der Waals surface area contributed by atoms with Crippen LogP contribution in [0.1, 0.15) is 25.6 Å². The summed E-state index contributed by atoms with van der Waals surface area (Å²) in [5.41, 5.74) is 0. The van der Waals surface area contributed by atoms with E-state index in [-0.39, 0.29) is 0 Å². The normalized spacial score (nSPS) is 23.7. The van der Waals surface area contributed by atoms with Gasteiger partial charge in [0.05, 0.1) is 0 Å². The van der Waals surface area contributed by atoms with Gasteiger partial charge in [-0.25, -0.2) is 4.98 Å². The van der Waals surface area contributed by atoms with Crippen LogP contribution in [0, 0.1) is 12.8 Å². The van der Waals surface area contributed by atoms with Crippen molar-refractivity contribution in [1.82, 2.24) is 14.7 Å². The van der Waals surface area contributed by atoms with Crippen molar-refractivity contribution < 1.29 is 0 Å². The van der Waals surface area contributed by atoms with Gasteiger partial charge in [0.1, 0.15) is 5.82 Å². The molecule has 2 heterocycles. The molecule has 2 N–H and O–H groups in total. The summed E-state index contributed by atoms with van der Waals surface area (Å²) in [7, 11) is 0. The summed E-state index contributed by atoms with van der Waals surface area (Å²) in [4.78, 5) is 4.32. The molecule has 2 rings (SSSR count). The van der Waals surface area contributed by atoms with E-state index in [0.29, 0.717) is 12.0 Å². The molecule has 1 aliphatic heterocycles. The van der Waals surface area contributed by atoms with E-state index in [2.05, 4.69) is 26.9 Å². The van der Waals surface area contributed by atoms with Gasteiger partial charge >= 0.3 is 0 Å². The first-order chi connectivity index (χ1) is 7.25. The van der Waals surface area contributed by atoms with Gasteiger partial charge in [0.2, 0.25) is 5.13 Å². The summed E-state index contributed by atoms with van der Waals surface area (Å²) in [6, 6.07) is 0.477. The van der Waals surface area contributed by atoms with E-state index in [0.717, 1.165) is 17.5 Å². The van der Waals surface area contributed by atoms with Crippen molar-refractivity contribution >= 4 is 16.7 Å². The highest BCUT2D eigenvalue weighted by molar-refractivity contribution is 7.09. The lowest BCUT2D eigenvalue weighted by Gasteiger charge is -2.28. The average Bonchev–Trinajstić information content (AvgIpc) is 2.65. The van der Waals surface area contributed by atoms with E-state index in [1.807, 2.05) is 6.92 Å². The first kappa shape index (κ1) is 10.8. The minimum atomic E-state index is 0.477. The fourth-order valence-corrected chi connectivity index (χ4v) is 2.64. The van der Waals surface area contributed by atoms with Crippen LogP contribution >= 0.6 is 11.5 Å². The molecule has 0 aliphatic carbocycles. The summed E-state index contributed by atoms with van der Waals surface area (Å²) in [6.07, 6.45) is 2.59. The average molecular weight is 226 g/mol. The van der Waals surface area contributed by atoms with Crippen molar-refractivity contribution in [3.8, 4) is 0 Å². The zero-order valence-electron chi connectivity index (χ0n) is 9.29. The predicted molar refractivity (Wildman–Crippen MR) is 63.3 cm³/mol. The van der Waals surface area contributed by atoms with Crippen molar-refractivity contribution in [2.75, 3.05) is 18.4 Å². The predicted octanol–water partition coefficient (Wildman–Crippen LogP) is 1.65. The van der Waals surface area contributed by atoms with Crippen LogP contribution in [0.15, 0.2) is 0 Å². The quantitative estimate of drug-likeness (QED) is 0.823. The Labute approximate surface area is 94.7 Å². The zero-order chi connectivity index (χ0) is 10.7. The Morgan fingerprint density at radius 1 is 1.60 bits per heavy atom. The van der Waals surface area contributed by atoms with Gasteiger partial charge in [0.15, 0.2) is 0 Å². The Hall–Kier alpha value is -0.680. The standard InChI is InChI=1S/C10H18N4S/c1-7(9-4-3-5-11-6-9)12-10-13-8(2)14-15-10/h7,9,11H,3-6H2,1-2H3,(H,12,13,14). The number of piperidine rings is 1. The summed E-state index contributed by atoms with van der Waals surface area (Å²) < 4.78 is 4.17. The topological polar surface area (TPSA) is 49.8 Å². The molecule has 1 aromatic heterocycles. The molecule has 0 radical (unpaired) electrons. The maximum absolute atomic E-state index is 4.32. The molecule has 1 aromatic rings. The summed E-state index contributed by atoms with van der Waals surface area (Å²) in [6.45, 7) is 6.44. The Balaban J connectivity index is 1.88. The number of hydrogen-bond acceptors (Lipinski definition) is 5. The van der Waals surface area contributed by atoms with Crippen molar-refractivity contribution in [3.63, 3.8) is 0 Å². The summed E-state index contributed by atoms with van der Waals surface area (Å²) >= 11 is 1.45. The van der Waals surface area contributed by atoms with Gasteiger partial charge in [-0.3, -0.25) is 0 Å². The van der Waals surface area contributed by atoms with Crippen LogP contribution in [0.5, 0.6) is 0 Å². The zero-order valence-corrected chi connectivity index (χ0v) is 10.1. The molecule has 0 spiro atoms. The molecule has 2 atom stereocenters. The molecule has 5 heteroatoms. The van der Waals surface area contributed by atoms with Gasteiger partial charge in [-0.05, 0) is 45.7 Å². The van der Waals surface area contributed by atoms with Crippen molar-refractivity contribution in [1.29, 1.82) is 0 Å². The third kappa shape index (κ3) is 2.89. The highest BCUT2D eigenvalue weighted by Crippen LogP contribution is 2.19. The lowest BCUT2D eigenvalue weighted by atomic mass is 9.93. The maximum Gasteiger partial charge on any atom is 0.202 e. The fraction of sp³-hybridized carbons (Fsp3) is 0.800. The highest BCUT2D eigenvalue weighted by atomic mass is 32.1. The molecule has 1 aliphatic rings. The van der Waals surface area contributed by atoms with Crippen LogP contribution < -0.4 is 10.6 Å². The second-order valence-electron chi connectivity index (χ2n) is 4.19. The summed E-state index contributed by atoms with van der Waals surface area (Å²) in [5, 5.41) is 7.82. The monoisotopic (exact) mass is 226 g/mol. The lowest BCUT2D eigenvalue weighted by molar-refractivity contribution is 0.347. The smallest absolute Gasteiger partial charge is 0.202 e. The number of aromatic nitrogens is 2. The first-order valence-electron chi connectivity index (χ1n) is 5.53. The van der Waals surface area contributed by atoms with Crippen molar-refractivity contribution in [2.45, 2.75) is 32.7 Å². The van der Waals surface area contributed by atoms with E-state index < -0.39 is 0 Å². The Morgan fingerprint density at radius 3 is 3.07 bits per heavy atom. The van der Waals surface area contributed by atoms with E-state index in [1.54, 1.807) is 0 Å². The molecule has 2 unspecified atom stereocenters. The molecule has 1 saturated heterocycles. The Bertz CT molecular complexity index is 306. The fourth-order valence-electron chi connectivity index (χ4n) is 1.97. The van der Waals surface area contributed by atoms with E-state index >= 15 is 0 Å². The molecule has 0 amide bonds. The van der Waals surface area contributed by atoms with Crippen LogP contribution in [0.25, 0.3) is 0 Å². The maximum atomic E-state index is 4.32.